The van der Waals surface area contributed by atoms with Gasteiger partial charge in [0.2, 0.25) is 5.91 Å². The number of carbonyl (C=O) groups is 1. The molecule has 0 radical (unpaired) electrons. The minimum absolute atomic E-state index is 0.0665. The van der Waals surface area contributed by atoms with Crippen molar-refractivity contribution in [3.63, 3.8) is 0 Å². The van der Waals surface area contributed by atoms with Crippen LogP contribution in [0.4, 0.5) is 4.39 Å². The monoisotopic (exact) mass is 350 g/mol. The summed E-state index contributed by atoms with van der Waals surface area (Å²) in [4.78, 5) is 18.6. The summed E-state index contributed by atoms with van der Waals surface area (Å²) in [5.74, 6) is 1.07. The number of nitrogens with zero attached hydrogens (tertiary/aromatic N) is 2. The number of halogens is 1. The van der Waals surface area contributed by atoms with E-state index in [0.29, 0.717) is 19.4 Å². The topological polar surface area (TPSA) is 42.4 Å². The average Bonchev–Trinajstić information content (AvgIpc) is 2.92. The van der Waals surface area contributed by atoms with Crippen LogP contribution < -0.4 is 0 Å². The molecule has 4 rings (SSSR count). The van der Waals surface area contributed by atoms with E-state index in [0.717, 1.165) is 36.7 Å². The number of likely N-dealkylation sites (tertiary alicyclic amines) is 1. The van der Waals surface area contributed by atoms with Crippen LogP contribution in [0.5, 0.6) is 0 Å². The lowest BCUT2D eigenvalue weighted by molar-refractivity contribution is -0.146. The van der Waals surface area contributed by atoms with Gasteiger partial charge in [-0.15, -0.1) is 11.8 Å². The molecular formula is C18H23FN2O2S. The van der Waals surface area contributed by atoms with Crippen LogP contribution in [0.3, 0.4) is 0 Å². The summed E-state index contributed by atoms with van der Waals surface area (Å²) in [7, 11) is 0. The smallest absolute Gasteiger partial charge is 0.225 e. The van der Waals surface area contributed by atoms with Crippen molar-refractivity contribution in [3.8, 4) is 0 Å². The summed E-state index contributed by atoms with van der Waals surface area (Å²) in [6.07, 6.45) is 1.30. The van der Waals surface area contributed by atoms with Crippen molar-refractivity contribution in [3.05, 3.63) is 29.6 Å². The first-order valence-corrected chi connectivity index (χ1v) is 9.62. The normalized spacial score (nSPS) is 30.9. The molecule has 3 aliphatic rings. The van der Waals surface area contributed by atoms with Crippen molar-refractivity contribution >= 4 is 17.7 Å². The SMILES string of the molecule is Cc1cccc(CO[C@@H]2CSC3(C2)CN(C(=O)C2CC(F)C2)C3)n1. The van der Waals surface area contributed by atoms with Gasteiger partial charge < -0.3 is 9.64 Å². The molecule has 130 valence electrons. The van der Waals surface area contributed by atoms with Crippen molar-refractivity contribution in [1.29, 1.82) is 0 Å². The minimum Gasteiger partial charge on any atom is -0.371 e. The number of hydrogen-bond acceptors (Lipinski definition) is 4. The maximum atomic E-state index is 12.9. The molecule has 2 aliphatic heterocycles. The van der Waals surface area contributed by atoms with Crippen LogP contribution in [-0.2, 0) is 16.1 Å². The van der Waals surface area contributed by atoms with E-state index in [1.54, 1.807) is 0 Å². The number of pyridine rings is 1. The van der Waals surface area contributed by atoms with Gasteiger partial charge in [0.25, 0.3) is 0 Å². The first-order chi connectivity index (χ1) is 11.5. The standard InChI is InChI=1S/C18H23FN2O2S/c1-12-3-2-4-15(20-12)8-23-16-7-18(24-9-16)10-21(11-18)17(22)13-5-14(19)6-13/h2-4,13-14,16H,5-11H2,1H3/t13?,14?,16-/m0/s1. The Labute approximate surface area is 146 Å². The van der Waals surface area contributed by atoms with Crippen LogP contribution in [0.25, 0.3) is 0 Å². The first-order valence-electron chi connectivity index (χ1n) is 8.64. The first kappa shape index (κ1) is 16.3. The third kappa shape index (κ3) is 3.18. The second kappa shape index (κ2) is 6.30. The molecule has 0 unspecified atom stereocenters. The Morgan fingerprint density at radius 3 is 2.96 bits per heavy atom. The average molecular weight is 350 g/mol. The molecule has 1 atom stereocenters. The lowest BCUT2D eigenvalue weighted by atomic mass is 9.80. The molecule has 1 amide bonds. The summed E-state index contributed by atoms with van der Waals surface area (Å²) >= 11 is 1.92. The molecule has 1 aliphatic carbocycles. The van der Waals surface area contributed by atoms with E-state index in [-0.39, 0.29) is 22.7 Å². The van der Waals surface area contributed by atoms with Crippen molar-refractivity contribution in [2.45, 2.75) is 49.8 Å². The van der Waals surface area contributed by atoms with Gasteiger partial charge in [0, 0.05) is 30.5 Å². The molecule has 1 spiro atoms. The van der Waals surface area contributed by atoms with E-state index in [1.807, 2.05) is 41.8 Å². The number of hydrogen-bond donors (Lipinski definition) is 0. The van der Waals surface area contributed by atoms with Gasteiger partial charge in [0.15, 0.2) is 0 Å². The molecular weight excluding hydrogens is 327 g/mol. The second-order valence-corrected chi connectivity index (χ2v) is 8.85. The second-order valence-electron chi connectivity index (χ2n) is 7.36. The number of aromatic nitrogens is 1. The third-order valence-corrected chi connectivity index (χ3v) is 6.86. The maximum Gasteiger partial charge on any atom is 0.225 e. The number of aryl methyl sites for hydroxylation is 1. The molecule has 0 aromatic carbocycles. The zero-order valence-corrected chi connectivity index (χ0v) is 14.7. The van der Waals surface area contributed by atoms with Gasteiger partial charge in [-0.25, -0.2) is 4.39 Å². The van der Waals surface area contributed by atoms with Gasteiger partial charge in [-0.3, -0.25) is 9.78 Å². The Hall–Kier alpha value is -1.14. The highest BCUT2D eigenvalue weighted by Crippen LogP contribution is 2.47. The fourth-order valence-corrected chi connectivity index (χ4v) is 5.38. The van der Waals surface area contributed by atoms with Gasteiger partial charge in [-0.2, -0.15) is 0 Å². The fourth-order valence-electron chi connectivity index (χ4n) is 3.83. The number of thioether (sulfide) groups is 1. The molecule has 4 nitrogen and oxygen atoms in total. The van der Waals surface area contributed by atoms with Crippen LogP contribution >= 0.6 is 11.8 Å². The van der Waals surface area contributed by atoms with Gasteiger partial charge in [-0.05, 0) is 38.3 Å². The van der Waals surface area contributed by atoms with Crippen molar-refractivity contribution < 1.29 is 13.9 Å². The summed E-state index contributed by atoms with van der Waals surface area (Å²) in [5.41, 5.74) is 1.98. The number of amides is 1. The molecule has 0 N–H and O–H groups in total. The Kier molecular flexibility index (Phi) is 4.29. The highest BCUT2D eigenvalue weighted by atomic mass is 32.2. The lowest BCUT2D eigenvalue weighted by Crippen LogP contribution is -2.62. The van der Waals surface area contributed by atoms with Crippen LogP contribution in [0, 0.1) is 12.8 Å². The summed E-state index contributed by atoms with van der Waals surface area (Å²) in [5, 5.41) is 0. The van der Waals surface area contributed by atoms with Crippen LogP contribution in [0.2, 0.25) is 0 Å². The zero-order valence-electron chi connectivity index (χ0n) is 13.9. The lowest BCUT2D eigenvalue weighted by Gasteiger charge is -2.49. The number of carbonyl (C=O) groups excluding carboxylic acids is 1. The largest absolute Gasteiger partial charge is 0.371 e. The van der Waals surface area contributed by atoms with E-state index >= 15 is 0 Å². The Morgan fingerprint density at radius 1 is 1.46 bits per heavy atom. The highest BCUT2D eigenvalue weighted by molar-refractivity contribution is 8.01. The van der Waals surface area contributed by atoms with E-state index in [1.165, 1.54) is 0 Å². The predicted molar refractivity (Wildman–Crippen MR) is 91.6 cm³/mol. The quantitative estimate of drug-likeness (QED) is 0.837. The summed E-state index contributed by atoms with van der Waals surface area (Å²) in [6.45, 7) is 4.13. The number of alkyl halides is 1. The molecule has 3 heterocycles. The van der Waals surface area contributed by atoms with Crippen molar-refractivity contribution in [2.75, 3.05) is 18.8 Å². The van der Waals surface area contributed by atoms with Crippen LogP contribution in [0.1, 0.15) is 30.7 Å². The van der Waals surface area contributed by atoms with Gasteiger partial charge in [0.05, 0.1) is 23.2 Å². The Bertz CT molecular complexity index is 629. The maximum absolute atomic E-state index is 12.9. The van der Waals surface area contributed by atoms with E-state index in [2.05, 4.69) is 4.98 Å². The fraction of sp³-hybridized carbons (Fsp3) is 0.667. The molecule has 1 aromatic rings. The minimum atomic E-state index is -0.761. The van der Waals surface area contributed by atoms with Crippen molar-refractivity contribution in [2.24, 2.45) is 5.92 Å². The number of ether oxygens (including phenoxy) is 1. The molecule has 24 heavy (non-hydrogen) atoms. The van der Waals surface area contributed by atoms with Gasteiger partial charge >= 0.3 is 0 Å². The zero-order chi connectivity index (χ0) is 16.7. The van der Waals surface area contributed by atoms with Gasteiger partial charge in [0.1, 0.15) is 6.17 Å². The van der Waals surface area contributed by atoms with Crippen molar-refractivity contribution in [1.82, 2.24) is 9.88 Å². The molecule has 1 aromatic heterocycles. The third-order valence-electron chi connectivity index (χ3n) is 5.29. The summed E-state index contributed by atoms with van der Waals surface area (Å²) < 4.78 is 19.1. The Balaban J connectivity index is 1.23. The van der Waals surface area contributed by atoms with E-state index in [4.69, 9.17) is 4.74 Å². The molecule has 0 bridgehead atoms. The molecule has 2 saturated heterocycles. The molecule has 6 heteroatoms. The summed E-state index contributed by atoms with van der Waals surface area (Å²) in [6, 6.07) is 5.98. The Morgan fingerprint density at radius 2 is 2.25 bits per heavy atom. The predicted octanol–water partition coefficient (Wildman–Crippen LogP) is 2.74. The highest BCUT2D eigenvalue weighted by Gasteiger charge is 2.52. The van der Waals surface area contributed by atoms with E-state index < -0.39 is 6.17 Å². The van der Waals surface area contributed by atoms with Crippen LogP contribution in [0.15, 0.2) is 18.2 Å². The van der Waals surface area contributed by atoms with E-state index in [9.17, 15) is 9.18 Å². The number of rotatable bonds is 4. The molecule has 3 fully saturated rings. The van der Waals surface area contributed by atoms with Gasteiger partial charge in [-0.1, -0.05) is 6.07 Å². The van der Waals surface area contributed by atoms with Crippen LogP contribution in [-0.4, -0.2) is 51.7 Å². The molecule has 1 saturated carbocycles.